The fourth-order valence-corrected chi connectivity index (χ4v) is 2.79. The van der Waals surface area contributed by atoms with Crippen molar-refractivity contribution in [3.63, 3.8) is 0 Å². The molecule has 1 unspecified atom stereocenters. The van der Waals surface area contributed by atoms with Gasteiger partial charge in [0.15, 0.2) is 0 Å². The minimum absolute atomic E-state index is 0.0940. The van der Waals surface area contributed by atoms with Gasteiger partial charge in [-0.15, -0.1) is 0 Å². The number of hydrogen-bond acceptors (Lipinski definition) is 5. The normalized spacial score (nSPS) is 13.1. The second-order valence-corrected chi connectivity index (χ2v) is 7.27. The average molecular weight is 372 g/mol. The van der Waals surface area contributed by atoms with Crippen molar-refractivity contribution in [3.8, 4) is 0 Å². The van der Waals surface area contributed by atoms with Crippen LogP contribution in [0.25, 0.3) is 0 Å². The molecule has 0 aliphatic heterocycles. The number of carbonyl (C=O) groups is 1. The van der Waals surface area contributed by atoms with Crippen molar-refractivity contribution >= 4 is 41.6 Å². The lowest BCUT2D eigenvalue weighted by atomic mass is 10.2. The van der Waals surface area contributed by atoms with E-state index in [1.165, 1.54) is 19.2 Å². The Morgan fingerprint density at radius 3 is 2.58 bits per heavy atom. The fraction of sp³-hybridized carbons (Fsp3) is 0.364. The maximum atomic E-state index is 11.8. The van der Waals surface area contributed by atoms with E-state index in [4.69, 9.17) is 20.2 Å². The molecule has 0 aliphatic carbocycles. The molecule has 0 bridgehead atoms. The predicted octanol–water partition coefficient (Wildman–Crippen LogP) is 2.57. The lowest BCUT2D eigenvalue weighted by molar-refractivity contribution is 0.0120. The number of carbonyl (C=O) groups excluding carboxylic acids is 1. The van der Waals surface area contributed by atoms with Gasteiger partial charge in [0.2, 0.25) is 0 Å². The minimum Gasteiger partial charge on any atom is -0.457 e. The average Bonchev–Trinajstić information content (AvgIpc) is 2.27. The van der Waals surface area contributed by atoms with Gasteiger partial charge in [-0.1, -0.05) is 15.9 Å². The lowest BCUT2D eigenvalue weighted by Crippen LogP contribution is -2.19. The zero-order chi connectivity index (χ0) is 14.6. The smallest absolute Gasteiger partial charge is 0.338 e. The summed E-state index contributed by atoms with van der Waals surface area (Å²) < 4.78 is 32.8. The summed E-state index contributed by atoms with van der Waals surface area (Å²) in [5.41, 5.74) is 0.0940. The Hall–Kier alpha value is -0.630. The SMILES string of the molecule is COCC(C)OC(=O)c1cc(Br)cc(S(=O)(=O)Cl)c1. The second kappa shape index (κ2) is 6.69. The Morgan fingerprint density at radius 2 is 2.05 bits per heavy atom. The first-order valence-electron chi connectivity index (χ1n) is 5.19. The predicted molar refractivity (Wildman–Crippen MR) is 73.9 cm³/mol. The van der Waals surface area contributed by atoms with E-state index >= 15 is 0 Å². The maximum Gasteiger partial charge on any atom is 0.338 e. The summed E-state index contributed by atoms with van der Waals surface area (Å²) in [4.78, 5) is 11.7. The van der Waals surface area contributed by atoms with Gasteiger partial charge < -0.3 is 9.47 Å². The number of ether oxygens (including phenoxy) is 2. The molecule has 1 atom stereocenters. The summed E-state index contributed by atoms with van der Waals surface area (Å²) >= 11 is 3.12. The van der Waals surface area contributed by atoms with Crippen molar-refractivity contribution in [2.75, 3.05) is 13.7 Å². The number of hydrogen-bond donors (Lipinski definition) is 0. The molecule has 0 N–H and O–H groups in total. The summed E-state index contributed by atoms with van der Waals surface area (Å²) in [6, 6.07) is 3.92. The molecule has 5 nitrogen and oxygen atoms in total. The van der Waals surface area contributed by atoms with Gasteiger partial charge in [-0.25, -0.2) is 13.2 Å². The van der Waals surface area contributed by atoms with Crippen LogP contribution in [0.1, 0.15) is 17.3 Å². The Labute approximate surface area is 124 Å². The van der Waals surface area contributed by atoms with Crippen molar-refractivity contribution < 1.29 is 22.7 Å². The number of rotatable bonds is 5. The monoisotopic (exact) mass is 370 g/mol. The van der Waals surface area contributed by atoms with E-state index in [1.54, 1.807) is 6.92 Å². The Morgan fingerprint density at radius 1 is 1.42 bits per heavy atom. The third kappa shape index (κ3) is 5.10. The van der Waals surface area contributed by atoms with Crippen molar-refractivity contribution in [2.45, 2.75) is 17.9 Å². The van der Waals surface area contributed by atoms with Gasteiger partial charge in [0, 0.05) is 22.3 Å². The topological polar surface area (TPSA) is 69.7 Å². The summed E-state index contributed by atoms with van der Waals surface area (Å²) in [5, 5.41) is 0. The first-order chi connectivity index (χ1) is 8.74. The molecule has 0 saturated carbocycles. The Bertz CT molecular complexity index is 572. The van der Waals surface area contributed by atoms with E-state index in [-0.39, 0.29) is 17.1 Å². The van der Waals surface area contributed by atoms with Crippen LogP contribution >= 0.6 is 26.6 Å². The molecule has 0 saturated heterocycles. The van der Waals surface area contributed by atoms with Gasteiger partial charge in [-0.3, -0.25) is 0 Å². The maximum absolute atomic E-state index is 11.8. The summed E-state index contributed by atoms with van der Waals surface area (Å²) in [6.45, 7) is 1.92. The highest BCUT2D eigenvalue weighted by Crippen LogP contribution is 2.23. The second-order valence-electron chi connectivity index (χ2n) is 3.78. The molecular formula is C11H12BrClO5S. The van der Waals surface area contributed by atoms with Gasteiger partial charge >= 0.3 is 5.97 Å². The molecule has 106 valence electrons. The zero-order valence-corrected chi connectivity index (χ0v) is 13.4. The largest absolute Gasteiger partial charge is 0.457 e. The van der Waals surface area contributed by atoms with Gasteiger partial charge in [0.05, 0.1) is 17.1 Å². The summed E-state index contributed by atoms with van der Waals surface area (Å²) in [7, 11) is 2.82. The fourth-order valence-electron chi connectivity index (χ4n) is 1.34. The van der Waals surface area contributed by atoms with E-state index in [1.807, 2.05) is 0 Å². The lowest BCUT2D eigenvalue weighted by Gasteiger charge is -2.12. The van der Waals surface area contributed by atoms with E-state index in [9.17, 15) is 13.2 Å². The molecule has 1 aromatic rings. The minimum atomic E-state index is -3.91. The highest BCUT2D eigenvalue weighted by Gasteiger charge is 2.17. The molecule has 8 heteroatoms. The van der Waals surface area contributed by atoms with Crippen LogP contribution in [-0.2, 0) is 18.5 Å². The van der Waals surface area contributed by atoms with Crippen molar-refractivity contribution in [2.24, 2.45) is 0 Å². The molecule has 0 spiro atoms. The molecule has 0 aromatic heterocycles. The highest BCUT2D eigenvalue weighted by atomic mass is 79.9. The quantitative estimate of drug-likeness (QED) is 0.588. The first kappa shape index (κ1) is 16.4. The zero-order valence-electron chi connectivity index (χ0n) is 10.2. The van der Waals surface area contributed by atoms with Crippen molar-refractivity contribution in [3.05, 3.63) is 28.2 Å². The Balaban J connectivity index is 3.01. The van der Waals surface area contributed by atoms with Gasteiger partial charge in [-0.05, 0) is 25.1 Å². The first-order valence-corrected chi connectivity index (χ1v) is 8.29. The molecule has 19 heavy (non-hydrogen) atoms. The van der Waals surface area contributed by atoms with E-state index in [0.717, 1.165) is 6.07 Å². The van der Waals surface area contributed by atoms with Crippen LogP contribution in [0.2, 0.25) is 0 Å². The summed E-state index contributed by atoms with van der Waals surface area (Å²) in [6.07, 6.45) is -0.437. The molecule has 0 heterocycles. The van der Waals surface area contributed by atoms with Gasteiger partial charge in [-0.2, -0.15) is 0 Å². The van der Waals surface area contributed by atoms with Crippen LogP contribution in [0.3, 0.4) is 0 Å². The molecule has 0 radical (unpaired) electrons. The highest BCUT2D eigenvalue weighted by molar-refractivity contribution is 9.10. The summed E-state index contributed by atoms with van der Waals surface area (Å²) in [5.74, 6) is -0.646. The number of halogens is 2. The van der Waals surface area contributed by atoms with Crippen LogP contribution in [0.5, 0.6) is 0 Å². The van der Waals surface area contributed by atoms with Crippen LogP contribution in [0, 0.1) is 0 Å². The van der Waals surface area contributed by atoms with Gasteiger partial charge in [0.1, 0.15) is 6.10 Å². The van der Waals surface area contributed by atoms with Crippen LogP contribution in [0.15, 0.2) is 27.6 Å². The van der Waals surface area contributed by atoms with Crippen LogP contribution in [0.4, 0.5) is 0 Å². The number of methoxy groups -OCH3 is 1. The van der Waals surface area contributed by atoms with Crippen molar-refractivity contribution in [1.29, 1.82) is 0 Å². The third-order valence-electron chi connectivity index (χ3n) is 2.10. The molecule has 1 aromatic carbocycles. The molecule has 0 fully saturated rings. The van der Waals surface area contributed by atoms with Gasteiger partial charge in [0.25, 0.3) is 9.05 Å². The van der Waals surface area contributed by atoms with Crippen molar-refractivity contribution in [1.82, 2.24) is 0 Å². The van der Waals surface area contributed by atoms with Crippen LogP contribution < -0.4 is 0 Å². The number of esters is 1. The van der Waals surface area contributed by atoms with Crippen LogP contribution in [-0.4, -0.2) is 34.2 Å². The third-order valence-corrected chi connectivity index (χ3v) is 3.89. The molecular weight excluding hydrogens is 360 g/mol. The molecule has 0 aliphatic rings. The Kier molecular flexibility index (Phi) is 5.79. The number of benzene rings is 1. The van der Waals surface area contributed by atoms with E-state index in [2.05, 4.69) is 15.9 Å². The standard InChI is InChI=1S/C11H12BrClO5S/c1-7(6-17-2)18-11(14)8-3-9(12)5-10(4-8)19(13,15)16/h3-5,7H,6H2,1-2H3. The molecule has 0 amide bonds. The van der Waals surface area contributed by atoms with E-state index < -0.39 is 21.1 Å². The van der Waals surface area contributed by atoms with E-state index in [0.29, 0.717) is 4.47 Å². The molecule has 1 rings (SSSR count).